The fourth-order valence-corrected chi connectivity index (χ4v) is 2.81. The third kappa shape index (κ3) is 3.86. The fourth-order valence-electron chi connectivity index (χ4n) is 2.81. The molecule has 1 fully saturated rings. The summed E-state index contributed by atoms with van der Waals surface area (Å²) in [5, 5.41) is 15.1. The molecule has 1 aromatic carbocycles. The summed E-state index contributed by atoms with van der Waals surface area (Å²) in [4.78, 5) is 16.5. The SMILES string of the molecule is N#Cc1cccc(NC(=O)c2cc(NC3CCCC3)ccn2)c1. The van der Waals surface area contributed by atoms with E-state index in [0.29, 0.717) is 23.0 Å². The molecule has 1 saturated carbocycles. The number of carbonyl (C=O) groups is 1. The first-order valence-electron chi connectivity index (χ1n) is 7.79. The van der Waals surface area contributed by atoms with Gasteiger partial charge >= 0.3 is 0 Å². The predicted octanol–water partition coefficient (Wildman–Crippen LogP) is 3.56. The Labute approximate surface area is 135 Å². The first-order valence-corrected chi connectivity index (χ1v) is 7.79. The lowest BCUT2D eigenvalue weighted by molar-refractivity contribution is 0.102. The van der Waals surface area contributed by atoms with E-state index in [1.807, 2.05) is 6.07 Å². The van der Waals surface area contributed by atoms with Gasteiger partial charge in [0.1, 0.15) is 5.69 Å². The summed E-state index contributed by atoms with van der Waals surface area (Å²) in [6.45, 7) is 0. The van der Waals surface area contributed by atoms with Gasteiger partial charge in [-0.3, -0.25) is 9.78 Å². The minimum absolute atomic E-state index is 0.282. The Balaban J connectivity index is 1.70. The molecular formula is C18H18N4O. The van der Waals surface area contributed by atoms with Crippen molar-refractivity contribution < 1.29 is 4.79 Å². The van der Waals surface area contributed by atoms with Gasteiger partial charge in [-0.1, -0.05) is 18.9 Å². The maximum atomic E-state index is 12.3. The van der Waals surface area contributed by atoms with Crippen LogP contribution in [0.15, 0.2) is 42.6 Å². The Morgan fingerprint density at radius 3 is 2.78 bits per heavy atom. The van der Waals surface area contributed by atoms with Gasteiger partial charge < -0.3 is 10.6 Å². The highest BCUT2D eigenvalue weighted by Gasteiger charge is 2.15. The highest BCUT2D eigenvalue weighted by Crippen LogP contribution is 2.22. The van der Waals surface area contributed by atoms with Crippen molar-refractivity contribution in [3.63, 3.8) is 0 Å². The van der Waals surface area contributed by atoms with Crippen molar-refractivity contribution in [2.45, 2.75) is 31.7 Å². The zero-order chi connectivity index (χ0) is 16.1. The van der Waals surface area contributed by atoms with E-state index in [4.69, 9.17) is 5.26 Å². The van der Waals surface area contributed by atoms with Gasteiger partial charge in [0.25, 0.3) is 5.91 Å². The molecule has 2 aromatic rings. The molecule has 1 aliphatic carbocycles. The molecule has 1 aromatic heterocycles. The second-order valence-corrected chi connectivity index (χ2v) is 5.70. The Kier molecular flexibility index (Phi) is 4.53. The molecule has 5 nitrogen and oxygen atoms in total. The Morgan fingerprint density at radius 1 is 1.17 bits per heavy atom. The first kappa shape index (κ1) is 15.0. The number of benzene rings is 1. The van der Waals surface area contributed by atoms with Gasteiger partial charge in [-0.15, -0.1) is 0 Å². The van der Waals surface area contributed by atoms with E-state index in [2.05, 4.69) is 21.7 Å². The monoisotopic (exact) mass is 306 g/mol. The van der Waals surface area contributed by atoms with E-state index in [1.54, 1.807) is 36.5 Å². The molecule has 5 heteroatoms. The molecule has 0 unspecified atom stereocenters. The average Bonchev–Trinajstić information content (AvgIpc) is 3.08. The van der Waals surface area contributed by atoms with Gasteiger partial charge in [0.2, 0.25) is 0 Å². The lowest BCUT2D eigenvalue weighted by atomic mass is 10.2. The Hall–Kier alpha value is -2.87. The number of carbonyl (C=O) groups excluding carboxylic acids is 1. The van der Waals surface area contributed by atoms with E-state index >= 15 is 0 Å². The molecule has 1 heterocycles. The van der Waals surface area contributed by atoms with Crippen LogP contribution < -0.4 is 10.6 Å². The molecule has 0 saturated heterocycles. The Bertz CT molecular complexity index is 745. The van der Waals surface area contributed by atoms with Crippen LogP contribution in [0, 0.1) is 11.3 Å². The molecule has 1 aliphatic rings. The van der Waals surface area contributed by atoms with Gasteiger partial charge in [0, 0.05) is 23.6 Å². The fraction of sp³-hybridized carbons (Fsp3) is 0.278. The number of anilines is 2. The number of hydrogen-bond acceptors (Lipinski definition) is 4. The number of pyridine rings is 1. The number of hydrogen-bond donors (Lipinski definition) is 2. The summed E-state index contributed by atoms with van der Waals surface area (Å²) < 4.78 is 0. The van der Waals surface area contributed by atoms with Crippen LogP contribution in [0.5, 0.6) is 0 Å². The molecule has 116 valence electrons. The second-order valence-electron chi connectivity index (χ2n) is 5.70. The van der Waals surface area contributed by atoms with Crippen molar-refractivity contribution in [1.82, 2.24) is 4.98 Å². The van der Waals surface area contributed by atoms with Gasteiger partial charge in [0.15, 0.2) is 0 Å². The number of nitrogens with one attached hydrogen (secondary N) is 2. The summed E-state index contributed by atoms with van der Waals surface area (Å²) in [6, 6.07) is 13.0. The van der Waals surface area contributed by atoms with Crippen LogP contribution in [0.4, 0.5) is 11.4 Å². The van der Waals surface area contributed by atoms with Gasteiger partial charge in [0.05, 0.1) is 11.6 Å². The van der Waals surface area contributed by atoms with Gasteiger partial charge in [-0.2, -0.15) is 5.26 Å². The molecule has 3 rings (SSSR count). The summed E-state index contributed by atoms with van der Waals surface area (Å²) in [5.74, 6) is -0.282. The quantitative estimate of drug-likeness (QED) is 0.905. The van der Waals surface area contributed by atoms with Crippen LogP contribution in [0.25, 0.3) is 0 Å². The molecule has 0 spiro atoms. The van der Waals surface area contributed by atoms with Crippen molar-refractivity contribution in [3.8, 4) is 6.07 Å². The Morgan fingerprint density at radius 2 is 2.00 bits per heavy atom. The number of rotatable bonds is 4. The lowest BCUT2D eigenvalue weighted by Gasteiger charge is -2.14. The average molecular weight is 306 g/mol. The van der Waals surface area contributed by atoms with E-state index in [1.165, 1.54) is 25.7 Å². The van der Waals surface area contributed by atoms with Crippen molar-refractivity contribution in [2.75, 3.05) is 10.6 Å². The highest BCUT2D eigenvalue weighted by molar-refractivity contribution is 6.03. The van der Waals surface area contributed by atoms with Crippen LogP contribution in [-0.4, -0.2) is 16.9 Å². The zero-order valence-electron chi connectivity index (χ0n) is 12.7. The molecule has 0 atom stereocenters. The van der Waals surface area contributed by atoms with Gasteiger partial charge in [-0.25, -0.2) is 0 Å². The summed E-state index contributed by atoms with van der Waals surface area (Å²) >= 11 is 0. The largest absolute Gasteiger partial charge is 0.382 e. The smallest absolute Gasteiger partial charge is 0.274 e. The van der Waals surface area contributed by atoms with Crippen LogP contribution in [0.2, 0.25) is 0 Å². The number of nitrogens with zero attached hydrogens (tertiary/aromatic N) is 2. The maximum Gasteiger partial charge on any atom is 0.274 e. The van der Waals surface area contributed by atoms with Crippen molar-refractivity contribution >= 4 is 17.3 Å². The van der Waals surface area contributed by atoms with E-state index in [9.17, 15) is 4.79 Å². The second kappa shape index (κ2) is 6.93. The van der Waals surface area contributed by atoms with Crippen LogP contribution in [0.3, 0.4) is 0 Å². The van der Waals surface area contributed by atoms with Crippen LogP contribution >= 0.6 is 0 Å². The van der Waals surface area contributed by atoms with E-state index in [-0.39, 0.29) is 5.91 Å². The van der Waals surface area contributed by atoms with E-state index < -0.39 is 0 Å². The summed E-state index contributed by atoms with van der Waals surface area (Å²) in [6.07, 6.45) is 6.49. The lowest BCUT2D eigenvalue weighted by Crippen LogP contribution is -2.17. The molecular weight excluding hydrogens is 288 g/mol. The summed E-state index contributed by atoms with van der Waals surface area (Å²) in [5.41, 5.74) is 2.37. The van der Waals surface area contributed by atoms with Crippen molar-refractivity contribution in [3.05, 3.63) is 53.9 Å². The summed E-state index contributed by atoms with van der Waals surface area (Å²) in [7, 11) is 0. The van der Waals surface area contributed by atoms with Crippen molar-refractivity contribution in [1.29, 1.82) is 5.26 Å². The molecule has 0 bridgehead atoms. The minimum Gasteiger partial charge on any atom is -0.382 e. The number of aromatic nitrogens is 1. The zero-order valence-corrected chi connectivity index (χ0v) is 12.7. The van der Waals surface area contributed by atoms with E-state index in [0.717, 1.165) is 5.69 Å². The van der Waals surface area contributed by atoms with Gasteiger partial charge in [-0.05, 0) is 43.2 Å². The highest BCUT2D eigenvalue weighted by atomic mass is 16.1. The van der Waals surface area contributed by atoms with Crippen LogP contribution in [0.1, 0.15) is 41.7 Å². The van der Waals surface area contributed by atoms with Crippen molar-refractivity contribution in [2.24, 2.45) is 0 Å². The first-order chi connectivity index (χ1) is 11.2. The normalized spacial score (nSPS) is 14.2. The molecule has 23 heavy (non-hydrogen) atoms. The molecule has 0 aliphatic heterocycles. The molecule has 1 amide bonds. The number of nitriles is 1. The topological polar surface area (TPSA) is 77.8 Å². The van der Waals surface area contributed by atoms with Crippen LogP contribution in [-0.2, 0) is 0 Å². The number of amides is 1. The third-order valence-electron chi connectivity index (χ3n) is 3.97. The third-order valence-corrected chi connectivity index (χ3v) is 3.97. The predicted molar refractivity (Wildman–Crippen MR) is 89.2 cm³/mol. The standard InChI is InChI=1S/C18H18N4O/c19-12-13-4-3-7-15(10-13)22-18(23)17-11-16(8-9-20-17)21-14-5-1-2-6-14/h3-4,7-11,14H,1-2,5-6H2,(H,20,21)(H,22,23). The minimum atomic E-state index is -0.282. The maximum absolute atomic E-state index is 12.3. The molecule has 0 radical (unpaired) electrons. The molecule has 2 N–H and O–H groups in total.